The highest BCUT2D eigenvalue weighted by molar-refractivity contribution is 5.73. The van der Waals surface area contributed by atoms with Crippen molar-refractivity contribution in [3.05, 3.63) is 0 Å². The van der Waals surface area contributed by atoms with Gasteiger partial charge in [-0.1, -0.05) is 20.8 Å². The molecular formula is C10H19NO2. The molecule has 1 unspecified atom stereocenters. The van der Waals surface area contributed by atoms with Crippen LogP contribution in [0.5, 0.6) is 0 Å². The third kappa shape index (κ3) is 5.39. The van der Waals surface area contributed by atoms with E-state index in [-0.39, 0.29) is 17.4 Å². The van der Waals surface area contributed by atoms with E-state index in [1.165, 1.54) is 6.92 Å². The van der Waals surface area contributed by atoms with Gasteiger partial charge in [0.1, 0.15) is 6.29 Å². The van der Waals surface area contributed by atoms with Crippen LogP contribution in [0.15, 0.2) is 0 Å². The Kier molecular flexibility index (Phi) is 4.67. The summed E-state index contributed by atoms with van der Waals surface area (Å²) in [5.74, 6) is -0.0363. The molecule has 76 valence electrons. The molecule has 0 spiro atoms. The summed E-state index contributed by atoms with van der Waals surface area (Å²) in [4.78, 5) is 21.1. The van der Waals surface area contributed by atoms with Gasteiger partial charge in [0.2, 0.25) is 5.91 Å². The molecule has 0 bridgehead atoms. The maximum Gasteiger partial charge on any atom is 0.217 e. The molecule has 13 heavy (non-hydrogen) atoms. The average Bonchev–Trinajstić information content (AvgIpc) is 1.95. The number of rotatable bonds is 4. The zero-order chi connectivity index (χ0) is 10.5. The van der Waals surface area contributed by atoms with E-state index >= 15 is 0 Å². The van der Waals surface area contributed by atoms with Gasteiger partial charge >= 0.3 is 0 Å². The number of carbonyl (C=O) groups is 2. The van der Waals surface area contributed by atoms with Crippen LogP contribution in [0.2, 0.25) is 0 Å². The molecular weight excluding hydrogens is 166 g/mol. The topological polar surface area (TPSA) is 46.2 Å². The molecule has 0 aromatic carbocycles. The van der Waals surface area contributed by atoms with E-state index in [2.05, 4.69) is 26.1 Å². The first-order chi connectivity index (χ1) is 5.88. The lowest BCUT2D eigenvalue weighted by Gasteiger charge is -2.30. The summed E-state index contributed by atoms with van der Waals surface area (Å²) in [6.45, 7) is 7.66. The first kappa shape index (κ1) is 12.1. The van der Waals surface area contributed by atoms with Crippen molar-refractivity contribution in [3.8, 4) is 0 Å². The maximum atomic E-state index is 10.9. The van der Waals surface area contributed by atoms with Gasteiger partial charge in [0.25, 0.3) is 0 Å². The Morgan fingerprint density at radius 2 is 2.00 bits per heavy atom. The Labute approximate surface area is 79.9 Å². The Hall–Kier alpha value is -0.860. The normalized spacial score (nSPS) is 13.5. The quantitative estimate of drug-likeness (QED) is 0.675. The zero-order valence-electron chi connectivity index (χ0n) is 8.89. The SMILES string of the molecule is CC(=O)NC(CCC=O)C(C)(C)C. The first-order valence-corrected chi connectivity index (χ1v) is 4.58. The highest BCUT2D eigenvalue weighted by atomic mass is 16.1. The van der Waals surface area contributed by atoms with E-state index in [1.54, 1.807) is 0 Å². The van der Waals surface area contributed by atoms with E-state index in [4.69, 9.17) is 0 Å². The van der Waals surface area contributed by atoms with Crippen molar-refractivity contribution >= 4 is 12.2 Å². The number of hydrogen-bond donors (Lipinski definition) is 1. The Balaban J connectivity index is 4.19. The van der Waals surface area contributed by atoms with Crippen LogP contribution < -0.4 is 5.32 Å². The molecule has 0 fully saturated rings. The molecule has 1 atom stereocenters. The minimum absolute atomic E-state index is 0.00861. The van der Waals surface area contributed by atoms with Gasteiger partial charge in [-0.25, -0.2) is 0 Å². The van der Waals surface area contributed by atoms with Crippen LogP contribution in [0.1, 0.15) is 40.5 Å². The molecule has 0 radical (unpaired) electrons. The predicted molar refractivity (Wildman–Crippen MR) is 52.4 cm³/mol. The predicted octanol–water partition coefficient (Wildman–Crippen LogP) is 1.52. The molecule has 3 heteroatoms. The lowest BCUT2D eigenvalue weighted by Crippen LogP contribution is -2.42. The second kappa shape index (κ2) is 5.00. The second-order valence-electron chi connectivity index (χ2n) is 4.36. The van der Waals surface area contributed by atoms with Crippen LogP contribution >= 0.6 is 0 Å². The maximum absolute atomic E-state index is 10.9. The third-order valence-electron chi connectivity index (χ3n) is 2.00. The van der Waals surface area contributed by atoms with Gasteiger partial charge in [-0.05, 0) is 11.8 Å². The summed E-state index contributed by atoms with van der Waals surface area (Å²) in [6.07, 6.45) is 2.11. The Bertz CT molecular complexity index is 182. The third-order valence-corrected chi connectivity index (χ3v) is 2.00. The molecule has 0 rings (SSSR count). The summed E-state index contributed by atoms with van der Waals surface area (Å²) in [6, 6.07) is 0.0789. The van der Waals surface area contributed by atoms with Gasteiger partial charge in [-0.3, -0.25) is 4.79 Å². The fourth-order valence-corrected chi connectivity index (χ4v) is 1.20. The standard InChI is InChI=1S/C10H19NO2/c1-8(13)11-9(6-5-7-12)10(2,3)4/h7,9H,5-6H2,1-4H3,(H,11,13). The summed E-state index contributed by atoms with van der Waals surface area (Å²) in [5, 5.41) is 2.86. The first-order valence-electron chi connectivity index (χ1n) is 4.58. The number of aldehydes is 1. The highest BCUT2D eigenvalue weighted by Gasteiger charge is 2.24. The minimum atomic E-state index is -0.0363. The molecule has 3 nitrogen and oxygen atoms in total. The average molecular weight is 185 g/mol. The molecule has 0 aliphatic carbocycles. The van der Waals surface area contributed by atoms with Crippen LogP contribution in [0.4, 0.5) is 0 Å². The summed E-state index contributed by atoms with van der Waals surface area (Å²) >= 11 is 0. The van der Waals surface area contributed by atoms with E-state index in [9.17, 15) is 9.59 Å². The van der Waals surface area contributed by atoms with Gasteiger partial charge in [0, 0.05) is 19.4 Å². The van der Waals surface area contributed by atoms with Crippen molar-refractivity contribution in [3.63, 3.8) is 0 Å². The number of carbonyl (C=O) groups excluding carboxylic acids is 2. The van der Waals surface area contributed by atoms with Crippen molar-refractivity contribution in [2.75, 3.05) is 0 Å². The molecule has 1 N–H and O–H groups in total. The highest BCUT2D eigenvalue weighted by Crippen LogP contribution is 2.22. The lowest BCUT2D eigenvalue weighted by molar-refractivity contribution is -0.120. The van der Waals surface area contributed by atoms with Crippen LogP contribution in [0.3, 0.4) is 0 Å². The van der Waals surface area contributed by atoms with E-state index in [0.717, 1.165) is 6.29 Å². The Morgan fingerprint density at radius 3 is 2.31 bits per heavy atom. The molecule has 0 saturated heterocycles. The summed E-state index contributed by atoms with van der Waals surface area (Å²) in [5.41, 5.74) is 0.00861. The fraction of sp³-hybridized carbons (Fsp3) is 0.800. The van der Waals surface area contributed by atoms with E-state index in [1.807, 2.05) is 0 Å². The smallest absolute Gasteiger partial charge is 0.217 e. The number of amides is 1. The van der Waals surface area contributed by atoms with E-state index in [0.29, 0.717) is 12.8 Å². The molecule has 0 aromatic heterocycles. The van der Waals surface area contributed by atoms with E-state index < -0.39 is 0 Å². The van der Waals surface area contributed by atoms with Crippen LogP contribution in [0, 0.1) is 5.41 Å². The molecule has 0 saturated carbocycles. The van der Waals surface area contributed by atoms with Crippen LogP contribution in [0.25, 0.3) is 0 Å². The molecule has 1 amide bonds. The Morgan fingerprint density at radius 1 is 1.46 bits per heavy atom. The van der Waals surface area contributed by atoms with Crippen LogP contribution in [-0.4, -0.2) is 18.2 Å². The monoisotopic (exact) mass is 185 g/mol. The summed E-state index contributed by atoms with van der Waals surface area (Å²) < 4.78 is 0. The summed E-state index contributed by atoms with van der Waals surface area (Å²) in [7, 11) is 0. The van der Waals surface area contributed by atoms with Crippen molar-refractivity contribution in [2.45, 2.75) is 46.6 Å². The molecule has 0 aliphatic heterocycles. The van der Waals surface area contributed by atoms with Gasteiger partial charge in [0.05, 0.1) is 0 Å². The molecule has 0 heterocycles. The van der Waals surface area contributed by atoms with Gasteiger partial charge < -0.3 is 10.1 Å². The second-order valence-corrected chi connectivity index (χ2v) is 4.36. The lowest BCUT2D eigenvalue weighted by atomic mass is 9.84. The van der Waals surface area contributed by atoms with Crippen molar-refractivity contribution < 1.29 is 9.59 Å². The fourth-order valence-electron chi connectivity index (χ4n) is 1.20. The van der Waals surface area contributed by atoms with Crippen LogP contribution in [-0.2, 0) is 9.59 Å². The minimum Gasteiger partial charge on any atom is -0.353 e. The number of nitrogens with one attached hydrogen (secondary N) is 1. The van der Waals surface area contributed by atoms with Gasteiger partial charge in [-0.15, -0.1) is 0 Å². The van der Waals surface area contributed by atoms with Gasteiger partial charge in [-0.2, -0.15) is 0 Å². The van der Waals surface area contributed by atoms with Crippen molar-refractivity contribution in [1.29, 1.82) is 0 Å². The van der Waals surface area contributed by atoms with Crippen molar-refractivity contribution in [2.24, 2.45) is 5.41 Å². The zero-order valence-corrected chi connectivity index (χ0v) is 8.89. The molecule has 0 aliphatic rings. The van der Waals surface area contributed by atoms with Crippen molar-refractivity contribution in [1.82, 2.24) is 5.32 Å². The molecule has 0 aromatic rings. The van der Waals surface area contributed by atoms with Gasteiger partial charge in [0.15, 0.2) is 0 Å². The largest absolute Gasteiger partial charge is 0.353 e. The number of hydrogen-bond acceptors (Lipinski definition) is 2.